The van der Waals surface area contributed by atoms with E-state index in [-0.39, 0.29) is 0 Å². The van der Waals surface area contributed by atoms with Gasteiger partial charge in [0.1, 0.15) is 0 Å². The smallest absolute Gasteiger partial charge is 0.0319 e. The maximum Gasteiger partial charge on any atom is 0.0319 e. The Balaban J connectivity index is 2.07. The molecule has 0 aromatic heterocycles. The Morgan fingerprint density at radius 1 is 1.21 bits per heavy atom. The Kier molecular flexibility index (Phi) is 2.73. The molecule has 1 heterocycles. The Hall–Kier alpha value is -1.02. The highest BCUT2D eigenvalue weighted by Gasteiger charge is 2.11. The average molecular weight is 190 g/mol. The van der Waals surface area contributed by atoms with Crippen LogP contribution >= 0.6 is 0 Å². The molecule has 1 aliphatic rings. The summed E-state index contributed by atoms with van der Waals surface area (Å²) in [5.41, 5.74) is 9.32. The van der Waals surface area contributed by atoms with Gasteiger partial charge in [-0.05, 0) is 56.1 Å². The molecule has 2 N–H and O–H groups in total. The van der Waals surface area contributed by atoms with Crippen LogP contribution in [0.15, 0.2) is 18.2 Å². The lowest BCUT2D eigenvalue weighted by Gasteiger charge is -2.15. The fourth-order valence-electron chi connectivity index (χ4n) is 2.18. The predicted molar refractivity (Wildman–Crippen MR) is 60.1 cm³/mol. The van der Waals surface area contributed by atoms with Crippen LogP contribution in [0.1, 0.15) is 24.0 Å². The molecule has 1 aromatic rings. The summed E-state index contributed by atoms with van der Waals surface area (Å²) in [6.45, 7) is 5.65. The van der Waals surface area contributed by atoms with Crippen LogP contribution in [0.4, 0.5) is 5.69 Å². The first-order valence-corrected chi connectivity index (χ1v) is 5.32. The molecule has 0 unspecified atom stereocenters. The van der Waals surface area contributed by atoms with E-state index in [1.54, 1.807) is 0 Å². The van der Waals surface area contributed by atoms with Crippen LogP contribution in [0, 0.1) is 6.92 Å². The highest BCUT2D eigenvalue weighted by Crippen LogP contribution is 2.16. The molecular weight excluding hydrogens is 172 g/mol. The van der Waals surface area contributed by atoms with Gasteiger partial charge in [0.25, 0.3) is 0 Å². The zero-order chi connectivity index (χ0) is 9.97. The van der Waals surface area contributed by atoms with E-state index < -0.39 is 0 Å². The molecule has 2 rings (SSSR count). The van der Waals surface area contributed by atoms with E-state index >= 15 is 0 Å². The van der Waals surface area contributed by atoms with Crippen molar-refractivity contribution < 1.29 is 0 Å². The van der Waals surface area contributed by atoms with Gasteiger partial charge in [-0.15, -0.1) is 0 Å². The van der Waals surface area contributed by atoms with Crippen molar-refractivity contribution in [3.63, 3.8) is 0 Å². The van der Waals surface area contributed by atoms with Crippen LogP contribution < -0.4 is 5.73 Å². The number of benzene rings is 1. The summed E-state index contributed by atoms with van der Waals surface area (Å²) in [4.78, 5) is 2.49. The normalized spacial score (nSPS) is 17.5. The third-order valence-corrected chi connectivity index (χ3v) is 2.76. The highest BCUT2D eigenvalue weighted by molar-refractivity contribution is 5.44. The van der Waals surface area contributed by atoms with E-state index in [1.165, 1.54) is 37.1 Å². The molecule has 0 amide bonds. The van der Waals surface area contributed by atoms with Crippen LogP contribution in [0.3, 0.4) is 0 Å². The summed E-state index contributed by atoms with van der Waals surface area (Å²) in [5, 5.41) is 0. The standard InChI is InChI=1S/C12H18N2/c1-10-6-11(8-12(13)7-10)9-14-4-2-3-5-14/h6-8H,2-5,9,13H2,1H3. The topological polar surface area (TPSA) is 29.3 Å². The third-order valence-electron chi connectivity index (χ3n) is 2.76. The van der Waals surface area contributed by atoms with Crippen molar-refractivity contribution in [2.24, 2.45) is 0 Å². The predicted octanol–water partition coefficient (Wildman–Crippen LogP) is 2.17. The number of rotatable bonds is 2. The van der Waals surface area contributed by atoms with Crippen molar-refractivity contribution in [1.29, 1.82) is 0 Å². The molecular formula is C12H18N2. The zero-order valence-corrected chi connectivity index (χ0v) is 8.79. The maximum atomic E-state index is 5.82. The number of likely N-dealkylation sites (tertiary alicyclic amines) is 1. The minimum atomic E-state index is 0.888. The van der Waals surface area contributed by atoms with Crippen LogP contribution in [0.2, 0.25) is 0 Å². The first-order valence-electron chi connectivity index (χ1n) is 5.32. The molecule has 0 spiro atoms. The van der Waals surface area contributed by atoms with Crippen molar-refractivity contribution in [2.45, 2.75) is 26.3 Å². The third kappa shape index (κ3) is 2.26. The fourth-order valence-corrected chi connectivity index (χ4v) is 2.18. The molecule has 0 aliphatic carbocycles. The van der Waals surface area contributed by atoms with Crippen molar-refractivity contribution >= 4 is 5.69 Å². The van der Waals surface area contributed by atoms with Crippen molar-refractivity contribution in [2.75, 3.05) is 18.8 Å². The number of aryl methyl sites for hydroxylation is 1. The van der Waals surface area contributed by atoms with Crippen LogP contribution in [-0.4, -0.2) is 18.0 Å². The second kappa shape index (κ2) is 4.01. The van der Waals surface area contributed by atoms with Gasteiger partial charge >= 0.3 is 0 Å². The molecule has 1 aromatic carbocycles. The maximum absolute atomic E-state index is 5.82. The summed E-state index contributed by atoms with van der Waals surface area (Å²) in [6, 6.07) is 6.34. The zero-order valence-electron chi connectivity index (χ0n) is 8.79. The fraction of sp³-hybridized carbons (Fsp3) is 0.500. The molecule has 0 saturated carbocycles. The van der Waals surface area contributed by atoms with Gasteiger partial charge in [0, 0.05) is 12.2 Å². The summed E-state index contributed by atoms with van der Waals surface area (Å²) in [6.07, 6.45) is 2.70. The first kappa shape index (κ1) is 9.53. The monoisotopic (exact) mass is 190 g/mol. The summed E-state index contributed by atoms with van der Waals surface area (Å²) >= 11 is 0. The van der Waals surface area contributed by atoms with Gasteiger partial charge in [-0.1, -0.05) is 6.07 Å². The van der Waals surface area contributed by atoms with Gasteiger partial charge in [-0.3, -0.25) is 4.90 Å². The molecule has 76 valence electrons. The lowest BCUT2D eigenvalue weighted by molar-refractivity contribution is 0.331. The highest BCUT2D eigenvalue weighted by atomic mass is 15.1. The lowest BCUT2D eigenvalue weighted by atomic mass is 10.1. The Morgan fingerprint density at radius 3 is 2.57 bits per heavy atom. The van der Waals surface area contributed by atoms with Gasteiger partial charge in [0.15, 0.2) is 0 Å². The molecule has 1 aliphatic heterocycles. The molecule has 2 heteroatoms. The molecule has 1 saturated heterocycles. The minimum absolute atomic E-state index is 0.888. The van der Waals surface area contributed by atoms with Gasteiger partial charge in [0.2, 0.25) is 0 Å². The lowest BCUT2D eigenvalue weighted by Crippen LogP contribution is -2.18. The van der Waals surface area contributed by atoms with Crippen LogP contribution in [0.25, 0.3) is 0 Å². The van der Waals surface area contributed by atoms with Crippen LogP contribution in [0.5, 0.6) is 0 Å². The molecule has 14 heavy (non-hydrogen) atoms. The van der Waals surface area contributed by atoms with E-state index in [2.05, 4.69) is 24.0 Å². The quantitative estimate of drug-likeness (QED) is 0.724. The van der Waals surface area contributed by atoms with E-state index in [0.29, 0.717) is 0 Å². The number of hydrogen-bond donors (Lipinski definition) is 1. The van der Waals surface area contributed by atoms with Crippen LogP contribution in [-0.2, 0) is 6.54 Å². The van der Waals surface area contributed by atoms with Gasteiger partial charge in [0.05, 0.1) is 0 Å². The minimum Gasteiger partial charge on any atom is -0.399 e. The Labute approximate surface area is 85.7 Å². The molecule has 0 radical (unpaired) electrons. The number of nitrogen functional groups attached to an aromatic ring is 1. The van der Waals surface area contributed by atoms with Crippen molar-refractivity contribution in [3.05, 3.63) is 29.3 Å². The number of nitrogens with zero attached hydrogens (tertiary/aromatic N) is 1. The number of hydrogen-bond acceptors (Lipinski definition) is 2. The van der Waals surface area contributed by atoms with Gasteiger partial charge < -0.3 is 5.73 Å². The van der Waals surface area contributed by atoms with Gasteiger partial charge in [-0.2, -0.15) is 0 Å². The second-order valence-corrected chi connectivity index (χ2v) is 4.24. The SMILES string of the molecule is Cc1cc(N)cc(CN2CCCC2)c1. The van der Waals surface area contributed by atoms with E-state index in [9.17, 15) is 0 Å². The summed E-state index contributed by atoms with van der Waals surface area (Å²) in [5.74, 6) is 0. The Bertz CT molecular complexity index is 294. The van der Waals surface area contributed by atoms with Crippen molar-refractivity contribution in [1.82, 2.24) is 4.90 Å². The average Bonchev–Trinajstić information content (AvgIpc) is 2.54. The van der Waals surface area contributed by atoms with Gasteiger partial charge in [-0.25, -0.2) is 0 Å². The molecule has 0 atom stereocenters. The number of anilines is 1. The molecule has 1 fully saturated rings. The molecule has 2 nitrogen and oxygen atoms in total. The molecule has 0 bridgehead atoms. The Morgan fingerprint density at radius 2 is 1.93 bits per heavy atom. The number of nitrogens with two attached hydrogens (primary N) is 1. The summed E-state index contributed by atoms with van der Waals surface area (Å²) < 4.78 is 0. The van der Waals surface area contributed by atoms with E-state index in [1.807, 2.05) is 6.07 Å². The van der Waals surface area contributed by atoms with Crippen molar-refractivity contribution in [3.8, 4) is 0 Å². The summed E-state index contributed by atoms with van der Waals surface area (Å²) in [7, 11) is 0. The second-order valence-electron chi connectivity index (χ2n) is 4.24. The first-order chi connectivity index (χ1) is 6.74. The van der Waals surface area contributed by atoms with E-state index in [0.717, 1.165) is 12.2 Å². The van der Waals surface area contributed by atoms with E-state index in [4.69, 9.17) is 5.73 Å². The largest absolute Gasteiger partial charge is 0.399 e.